The third-order valence-electron chi connectivity index (χ3n) is 11.0. The highest BCUT2D eigenvalue weighted by molar-refractivity contribution is 5.69. The van der Waals surface area contributed by atoms with Crippen molar-refractivity contribution in [3.05, 3.63) is 0 Å². The van der Waals surface area contributed by atoms with E-state index in [0.717, 1.165) is 89.9 Å². The van der Waals surface area contributed by atoms with Gasteiger partial charge in [0, 0.05) is 41.4 Å². The van der Waals surface area contributed by atoms with E-state index in [1.54, 1.807) is 0 Å². The van der Waals surface area contributed by atoms with Gasteiger partial charge in [-0.15, -0.1) is 0 Å². The Morgan fingerprint density at radius 3 is 1.42 bits per heavy atom. The Morgan fingerprint density at radius 2 is 1.00 bits per heavy atom. The van der Waals surface area contributed by atoms with Gasteiger partial charge in [0.2, 0.25) is 0 Å². The van der Waals surface area contributed by atoms with Gasteiger partial charge in [-0.05, 0) is 113 Å². The number of carbonyl (C=O) groups is 1. The topological polar surface area (TPSA) is 80.7 Å². The zero-order valence-corrected chi connectivity index (χ0v) is 34.9. The summed E-state index contributed by atoms with van der Waals surface area (Å²) in [7, 11) is 0. The van der Waals surface area contributed by atoms with Gasteiger partial charge in [-0.3, -0.25) is 14.5 Å². The molecule has 0 aromatic rings. The molecule has 0 aromatic heterocycles. The van der Waals surface area contributed by atoms with Crippen LogP contribution in [-0.2, 0) is 23.9 Å². The van der Waals surface area contributed by atoms with E-state index in [2.05, 4.69) is 93.2 Å². The van der Waals surface area contributed by atoms with E-state index in [0.29, 0.717) is 12.8 Å². The number of hydroxylamine groups is 4. The van der Waals surface area contributed by atoms with Crippen LogP contribution in [0, 0.1) is 0 Å². The van der Waals surface area contributed by atoms with E-state index < -0.39 is 6.29 Å². The van der Waals surface area contributed by atoms with Crippen LogP contribution in [0.3, 0.4) is 0 Å². The molecule has 296 valence electrons. The van der Waals surface area contributed by atoms with E-state index >= 15 is 0 Å². The molecule has 0 spiro atoms. The third kappa shape index (κ3) is 14.9. The number of aliphatic hydroxyl groups excluding tert-OH is 1. The minimum Gasteiger partial charge on any atom is -0.462 e. The number of aliphatic hydroxyl groups is 1. The second-order valence-electron chi connectivity index (χ2n) is 18.2. The molecule has 8 heteroatoms. The van der Waals surface area contributed by atoms with Crippen LogP contribution in [0.15, 0.2) is 0 Å². The molecule has 50 heavy (non-hydrogen) atoms. The van der Waals surface area contributed by atoms with Gasteiger partial charge in [0.1, 0.15) is 6.10 Å². The zero-order chi connectivity index (χ0) is 37.6. The first-order valence-electron chi connectivity index (χ1n) is 20.9. The quantitative estimate of drug-likeness (QED) is 0.0602. The van der Waals surface area contributed by atoms with Gasteiger partial charge in [0.15, 0.2) is 6.29 Å². The summed E-state index contributed by atoms with van der Waals surface area (Å²) in [5.41, 5.74) is -0.777. The van der Waals surface area contributed by atoms with Gasteiger partial charge in [0.25, 0.3) is 0 Å². The van der Waals surface area contributed by atoms with E-state index in [4.69, 9.17) is 19.1 Å². The van der Waals surface area contributed by atoms with Gasteiger partial charge >= 0.3 is 5.97 Å². The molecule has 0 radical (unpaired) electrons. The Labute approximate surface area is 309 Å². The number of unbranched alkanes of at least 4 members (excludes halogenated alkanes) is 7. The number of hydrogen-bond donors (Lipinski definition) is 1. The normalized spacial score (nSPS) is 23.1. The van der Waals surface area contributed by atoms with Crippen LogP contribution in [0.25, 0.3) is 0 Å². The standard InChI is InChI=1S/C42H82N2O6/c1-13-17-25-33(15-3)49-43-39(5,6)29-35(30-40(43,7)8)47-37(45)27-23-21-19-20-22-24-28-38(46)48-36-31-41(9,10)44(42(11,12)32-36)50-34(16-4)26-18-14-2/h33-37,45H,13-32H2,1-12H3. The molecule has 0 aromatic carbocycles. The summed E-state index contributed by atoms with van der Waals surface area (Å²) in [6.45, 7) is 26.7. The van der Waals surface area contributed by atoms with Crippen LogP contribution in [0.1, 0.15) is 212 Å². The Bertz CT molecular complexity index is 917. The van der Waals surface area contributed by atoms with Gasteiger partial charge < -0.3 is 14.6 Å². The van der Waals surface area contributed by atoms with Crippen LogP contribution in [0.5, 0.6) is 0 Å². The van der Waals surface area contributed by atoms with Crippen molar-refractivity contribution in [1.82, 2.24) is 10.1 Å². The van der Waals surface area contributed by atoms with Gasteiger partial charge in [-0.25, -0.2) is 0 Å². The van der Waals surface area contributed by atoms with E-state index in [1.165, 1.54) is 25.7 Å². The number of hydrogen-bond acceptors (Lipinski definition) is 8. The lowest BCUT2D eigenvalue weighted by Gasteiger charge is -2.54. The van der Waals surface area contributed by atoms with Crippen molar-refractivity contribution >= 4 is 5.97 Å². The molecule has 2 heterocycles. The summed E-state index contributed by atoms with van der Waals surface area (Å²) in [6, 6.07) is 0. The van der Waals surface area contributed by atoms with Crippen molar-refractivity contribution in [3.63, 3.8) is 0 Å². The van der Waals surface area contributed by atoms with Gasteiger partial charge in [0.05, 0.1) is 18.3 Å². The zero-order valence-electron chi connectivity index (χ0n) is 34.9. The van der Waals surface area contributed by atoms with Crippen LogP contribution in [0.2, 0.25) is 0 Å². The first-order valence-corrected chi connectivity index (χ1v) is 20.9. The first-order chi connectivity index (χ1) is 23.4. The smallest absolute Gasteiger partial charge is 0.306 e. The molecule has 0 saturated carbocycles. The lowest BCUT2D eigenvalue weighted by atomic mass is 9.80. The molecule has 2 aliphatic rings. The van der Waals surface area contributed by atoms with E-state index in [1.807, 2.05) is 0 Å². The largest absolute Gasteiger partial charge is 0.462 e. The number of esters is 1. The molecule has 0 bridgehead atoms. The molecule has 0 amide bonds. The Morgan fingerprint density at radius 1 is 0.600 bits per heavy atom. The van der Waals surface area contributed by atoms with Crippen LogP contribution >= 0.6 is 0 Å². The second kappa shape index (κ2) is 21.2. The fourth-order valence-electron chi connectivity index (χ4n) is 8.75. The maximum absolute atomic E-state index is 12.8. The molecule has 2 rings (SSSR count). The van der Waals surface area contributed by atoms with Crippen LogP contribution in [0.4, 0.5) is 0 Å². The average Bonchev–Trinajstić information content (AvgIpc) is 3.00. The lowest BCUT2D eigenvalue weighted by molar-refractivity contribution is -0.323. The maximum Gasteiger partial charge on any atom is 0.306 e. The van der Waals surface area contributed by atoms with Crippen molar-refractivity contribution in [2.75, 3.05) is 0 Å². The number of nitrogens with zero attached hydrogens (tertiary/aromatic N) is 2. The molecule has 3 atom stereocenters. The predicted molar refractivity (Wildman–Crippen MR) is 206 cm³/mol. The number of piperidine rings is 2. The first kappa shape index (κ1) is 45.4. The number of carbonyl (C=O) groups excluding carboxylic acids is 1. The van der Waals surface area contributed by atoms with E-state index in [-0.39, 0.29) is 52.5 Å². The summed E-state index contributed by atoms with van der Waals surface area (Å²) >= 11 is 0. The van der Waals surface area contributed by atoms with Gasteiger partial charge in [-0.2, -0.15) is 10.1 Å². The van der Waals surface area contributed by atoms with Gasteiger partial charge in [-0.1, -0.05) is 79.1 Å². The second-order valence-corrected chi connectivity index (χ2v) is 18.2. The summed E-state index contributed by atoms with van der Waals surface area (Å²) in [5, 5.41) is 15.2. The minimum absolute atomic E-state index is 0.00677. The molecule has 8 nitrogen and oxygen atoms in total. The number of ether oxygens (including phenoxy) is 2. The lowest BCUT2D eigenvalue weighted by Crippen LogP contribution is -2.63. The molecule has 2 aliphatic heterocycles. The molecule has 1 N–H and O–H groups in total. The van der Waals surface area contributed by atoms with Crippen molar-refractivity contribution in [2.24, 2.45) is 0 Å². The Hall–Kier alpha value is -0.770. The fraction of sp³-hybridized carbons (Fsp3) is 0.976. The van der Waals surface area contributed by atoms with E-state index in [9.17, 15) is 9.90 Å². The predicted octanol–water partition coefficient (Wildman–Crippen LogP) is 10.8. The Kier molecular flexibility index (Phi) is 19.2. The fourth-order valence-corrected chi connectivity index (χ4v) is 8.75. The SMILES string of the molecule is CCCCC(CC)ON1C(C)(C)CC(OC(=O)CCCCCCCCC(O)OC2CC(C)(C)N(OC(CC)CCCC)C(C)(C)C2)CC1(C)C. The molecule has 2 saturated heterocycles. The highest BCUT2D eigenvalue weighted by Crippen LogP contribution is 2.42. The molecule has 2 fully saturated rings. The molecular formula is C42H82N2O6. The summed E-state index contributed by atoms with van der Waals surface area (Å²) < 4.78 is 12.3. The highest BCUT2D eigenvalue weighted by atomic mass is 16.7. The number of rotatable bonds is 24. The summed E-state index contributed by atoms with van der Waals surface area (Å²) in [4.78, 5) is 26.0. The van der Waals surface area contributed by atoms with Crippen LogP contribution < -0.4 is 0 Å². The maximum atomic E-state index is 12.8. The Balaban J connectivity index is 1.65. The van der Waals surface area contributed by atoms with Crippen molar-refractivity contribution in [3.8, 4) is 0 Å². The van der Waals surface area contributed by atoms with Crippen molar-refractivity contribution in [1.29, 1.82) is 0 Å². The molecular weight excluding hydrogens is 628 g/mol. The summed E-state index contributed by atoms with van der Waals surface area (Å²) in [5.74, 6) is -0.0731. The van der Waals surface area contributed by atoms with Crippen molar-refractivity contribution < 1.29 is 29.0 Å². The average molecular weight is 711 g/mol. The monoisotopic (exact) mass is 711 g/mol. The highest BCUT2D eigenvalue weighted by Gasteiger charge is 2.49. The summed E-state index contributed by atoms with van der Waals surface area (Å²) in [6.07, 6.45) is 19.0. The molecule has 3 unspecified atom stereocenters. The third-order valence-corrected chi connectivity index (χ3v) is 11.0. The minimum atomic E-state index is -0.732. The van der Waals surface area contributed by atoms with Crippen LogP contribution in [-0.4, -0.2) is 74.1 Å². The van der Waals surface area contributed by atoms with Crippen molar-refractivity contribution in [2.45, 2.75) is 264 Å². The molecule has 0 aliphatic carbocycles.